The summed E-state index contributed by atoms with van der Waals surface area (Å²) in [6.07, 6.45) is 6.53. The van der Waals surface area contributed by atoms with E-state index in [1.165, 1.54) is 0 Å². The van der Waals surface area contributed by atoms with Gasteiger partial charge in [-0.05, 0) is 68.1 Å². The molecule has 1 spiro atoms. The smallest absolute Gasteiger partial charge is 0.181 e. The number of nitriles is 1. The highest BCUT2D eigenvalue weighted by atomic mass is 16.6. The molecule has 0 radical (unpaired) electrons. The Morgan fingerprint density at radius 1 is 1.17 bits per heavy atom. The number of aliphatic hydroxyl groups is 1. The molecule has 4 saturated carbocycles. The third-order valence-electron chi connectivity index (χ3n) is 9.10. The van der Waals surface area contributed by atoms with Crippen LogP contribution in [-0.2, 0) is 9.53 Å². The first kappa shape index (κ1) is 15.3. The lowest BCUT2D eigenvalue weighted by Crippen LogP contribution is -2.59. The molecule has 5 aliphatic rings. The second-order valence-corrected chi connectivity index (χ2v) is 9.65. The first-order valence-electron chi connectivity index (χ1n) is 9.67. The quantitative estimate of drug-likeness (QED) is 0.694. The lowest BCUT2D eigenvalue weighted by molar-refractivity contribution is -0.138. The van der Waals surface area contributed by atoms with E-state index in [0.29, 0.717) is 24.2 Å². The summed E-state index contributed by atoms with van der Waals surface area (Å²) in [6.45, 7) is 4.59. The number of fused-ring (bicyclic) bond motifs is 4. The Labute approximate surface area is 143 Å². The van der Waals surface area contributed by atoms with Gasteiger partial charge in [0.25, 0.3) is 0 Å². The standard InChI is InChI=1S/C20H27NO3/c1-18-7-6-14-12(13(18)3-4-15(18)22)5-8-20-17(24-20)16(23)11(10-21)9-19(14,20)2/h11-15,17,22H,3-9H2,1-2H3/t11-,12-,13-,14-,15+,17+,18-,19+,20+/m0/s1. The van der Waals surface area contributed by atoms with E-state index >= 15 is 0 Å². The summed E-state index contributed by atoms with van der Waals surface area (Å²) < 4.78 is 6.07. The Morgan fingerprint density at radius 2 is 1.96 bits per heavy atom. The zero-order valence-corrected chi connectivity index (χ0v) is 14.6. The number of ketones is 1. The fourth-order valence-electron chi connectivity index (χ4n) is 7.66. The zero-order chi connectivity index (χ0) is 16.9. The summed E-state index contributed by atoms with van der Waals surface area (Å²) in [6, 6.07) is 2.25. The first-order chi connectivity index (χ1) is 11.4. The monoisotopic (exact) mass is 329 g/mol. The van der Waals surface area contributed by atoms with Gasteiger partial charge in [0, 0.05) is 5.41 Å². The van der Waals surface area contributed by atoms with Crippen LogP contribution in [0.5, 0.6) is 0 Å². The van der Waals surface area contributed by atoms with Crippen molar-refractivity contribution in [2.75, 3.05) is 0 Å². The van der Waals surface area contributed by atoms with E-state index < -0.39 is 5.92 Å². The Balaban J connectivity index is 1.53. The van der Waals surface area contributed by atoms with E-state index in [4.69, 9.17) is 4.74 Å². The number of Topliss-reactive ketones (excluding diaryl/α,β-unsaturated/α-hetero) is 1. The van der Waals surface area contributed by atoms with Gasteiger partial charge in [-0.25, -0.2) is 0 Å². The summed E-state index contributed by atoms with van der Waals surface area (Å²) in [5.74, 6) is 1.29. The second-order valence-electron chi connectivity index (χ2n) is 9.65. The molecule has 0 bridgehead atoms. The van der Waals surface area contributed by atoms with Crippen molar-refractivity contribution in [2.24, 2.45) is 34.5 Å². The van der Waals surface area contributed by atoms with Crippen LogP contribution in [0.2, 0.25) is 0 Å². The number of epoxide rings is 1. The molecule has 130 valence electrons. The molecule has 5 rings (SSSR count). The van der Waals surface area contributed by atoms with E-state index in [1.807, 2.05) is 0 Å². The van der Waals surface area contributed by atoms with Gasteiger partial charge in [0.2, 0.25) is 0 Å². The van der Waals surface area contributed by atoms with Crippen LogP contribution >= 0.6 is 0 Å². The van der Waals surface area contributed by atoms with Gasteiger partial charge in [-0.1, -0.05) is 13.8 Å². The van der Waals surface area contributed by atoms with Crippen LogP contribution in [0.4, 0.5) is 0 Å². The van der Waals surface area contributed by atoms with Crippen molar-refractivity contribution in [3.05, 3.63) is 0 Å². The van der Waals surface area contributed by atoms with Gasteiger partial charge in [0.15, 0.2) is 5.78 Å². The maximum atomic E-state index is 12.4. The third-order valence-corrected chi connectivity index (χ3v) is 9.10. The highest BCUT2D eigenvalue weighted by Gasteiger charge is 2.78. The molecule has 1 saturated heterocycles. The van der Waals surface area contributed by atoms with Crippen molar-refractivity contribution in [3.8, 4) is 6.07 Å². The topological polar surface area (TPSA) is 73.6 Å². The van der Waals surface area contributed by atoms with Gasteiger partial charge >= 0.3 is 0 Å². The lowest BCUT2D eigenvalue weighted by Gasteiger charge is -2.59. The van der Waals surface area contributed by atoms with E-state index in [-0.39, 0.29) is 34.4 Å². The molecule has 4 nitrogen and oxygen atoms in total. The van der Waals surface area contributed by atoms with Crippen molar-refractivity contribution in [1.29, 1.82) is 5.26 Å². The Kier molecular flexibility index (Phi) is 2.83. The molecule has 5 fully saturated rings. The van der Waals surface area contributed by atoms with Crippen molar-refractivity contribution >= 4 is 5.78 Å². The van der Waals surface area contributed by atoms with Crippen molar-refractivity contribution < 1.29 is 14.6 Å². The minimum atomic E-state index is -0.489. The van der Waals surface area contributed by atoms with Crippen LogP contribution in [0.15, 0.2) is 0 Å². The largest absolute Gasteiger partial charge is 0.393 e. The number of ether oxygens (including phenoxy) is 1. The molecular formula is C20H27NO3. The maximum Gasteiger partial charge on any atom is 0.181 e. The predicted octanol–water partition coefficient (Wildman–Crippen LogP) is 2.84. The Morgan fingerprint density at radius 3 is 2.71 bits per heavy atom. The average molecular weight is 329 g/mol. The van der Waals surface area contributed by atoms with Crippen LogP contribution < -0.4 is 0 Å². The number of carbonyl (C=O) groups is 1. The molecule has 0 unspecified atom stereocenters. The molecule has 1 aliphatic heterocycles. The number of hydrogen-bond acceptors (Lipinski definition) is 4. The zero-order valence-electron chi connectivity index (χ0n) is 14.6. The van der Waals surface area contributed by atoms with Gasteiger partial charge in [-0.15, -0.1) is 0 Å². The molecule has 24 heavy (non-hydrogen) atoms. The number of nitrogens with zero attached hydrogens (tertiary/aromatic N) is 1. The summed E-state index contributed by atoms with van der Waals surface area (Å²) in [5, 5.41) is 20.0. The molecular weight excluding hydrogens is 302 g/mol. The number of aliphatic hydroxyl groups excluding tert-OH is 1. The third kappa shape index (κ3) is 1.51. The molecule has 0 amide bonds. The molecule has 0 aromatic rings. The lowest BCUT2D eigenvalue weighted by atomic mass is 9.44. The number of hydrogen-bond donors (Lipinski definition) is 1. The van der Waals surface area contributed by atoms with Gasteiger partial charge in [0.05, 0.1) is 12.2 Å². The van der Waals surface area contributed by atoms with E-state index in [1.54, 1.807) is 0 Å². The molecule has 4 heteroatoms. The fraction of sp³-hybridized carbons (Fsp3) is 0.900. The predicted molar refractivity (Wildman–Crippen MR) is 86.7 cm³/mol. The highest BCUT2D eigenvalue weighted by Crippen LogP contribution is 2.72. The first-order valence-corrected chi connectivity index (χ1v) is 9.67. The number of carbonyl (C=O) groups excluding carboxylic acids is 1. The molecule has 9 atom stereocenters. The summed E-state index contributed by atoms with van der Waals surface area (Å²) in [4.78, 5) is 12.4. The van der Waals surface area contributed by atoms with Gasteiger partial charge in [-0.3, -0.25) is 4.79 Å². The van der Waals surface area contributed by atoms with Crippen molar-refractivity contribution in [2.45, 2.75) is 76.6 Å². The van der Waals surface area contributed by atoms with E-state index in [2.05, 4.69) is 19.9 Å². The van der Waals surface area contributed by atoms with E-state index in [0.717, 1.165) is 38.5 Å². The molecule has 0 aromatic carbocycles. The minimum absolute atomic E-state index is 0.0327. The van der Waals surface area contributed by atoms with Crippen molar-refractivity contribution in [1.82, 2.24) is 0 Å². The molecule has 0 aromatic heterocycles. The van der Waals surface area contributed by atoms with Gasteiger partial charge in [0.1, 0.15) is 17.6 Å². The highest BCUT2D eigenvalue weighted by molar-refractivity contribution is 5.92. The average Bonchev–Trinajstić information content (AvgIpc) is 3.23. The Bertz CT molecular complexity index is 656. The summed E-state index contributed by atoms with van der Waals surface area (Å²) in [7, 11) is 0. The minimum Gasteiger partial charge on any atom is -0.393 e. The van der Waals surface area contributed by atoms with Crippen LogP contribution in [0, 0.1) is 45.8 Å². The maximum absolute atomic E-state index is 12.4. The molecule has 4 aliphatic carbocycles. The van der Waals surface area contributed by atoms with Crippen LogP contribution in [-0.4, -0.2) is 28.7 Å². The Hall–Kier alpha value is -0.920. The summed E-state index contributed by atoms with van der Waals surface area (Å²) in [5.41, 5.74) is -0.252. The molecule has 1 heterocycles. The number of rotatable bonds is 0. The van der Waals surface area contributed by atoms with Gasteiger partial charge < -0.3 is 9.84 Å². The van der Waals surface area contributed by atoms with Crippen LogP contribution in [0.1, 0.15) is 58.8 Å². The fourth-order valence-corrected chi connectivity index (χ4v) is 7.66. The van der Waals surface area contributed by atoms with Crippen LogP contribution in [0.25, 0.3) is 0 Å². The van der Waals surface area contributed by atoms with Gasteiger partial charge in [-0.2, -0.15) is 5.26 Å². The molecule has 1 N–H and O–H groups in total. The van der Waals surface area contributed by atoms with Crippen molar-refractivity contribution in [3.63, 3.8) is 0 Å². The summed E-state index contributed by atoms with van der Waals surface area (Å²) >= 11 is 0. The normalized spacial score (nSPS) is 61.2. The van der Waals surface area contributed by atoms with Crippen LogP contribution in [0.3, 0.4) is 0 Å². The SMILES string of the molecule is C[C@]12CC[C@H]3[C@@H](CC[C@@]45O[C@@H]4C(=O)[C@H](C#N)C[C@]35C)[C@@H]1CC[C@H]2O. The van der Waals surface area contributed by atoms with E-state index in [9.17, 15) is 15.2 Å². The second kappa shape index (κ2) is 4.43.